The molecule has 4 rings (SSSR count). The van der Waals surface area contributed by atoms with Gasteiger partial charge in [0.2, 0.25) is 11.3 Å². The van der Waals surface area contributed by atoms with Crippen LogP contribution in [0.15, 0.2) is 34.1 Å². The molecule has 0 saturated carbocycles. The van der Waals surface area contributed by atoms with E-state index < -0.39 is 17.2 Å². The number of halogens is 1. The summed E-state index contributed by atoms with van der Waals surface area (Å²) in [4.78, 5) is 41.1. The number of thioether (sulfide) groups is 1. The molecule has 9 heteroatoms. The minimum atomic E-state index is -1.29. The molecule has 1 unspecified atom stereocenters. The lowest BCUT2D eigenvalue weighted by Crippen LogP contribution is -2.49. The lowest BCUT2D eigenvalue weighted by Gasteiger charge is -2.37. The van der Waals surface area contributed by atoms with Crippen LogP contribution in [-0.2, 0) is 4.79 Å². The molecule has 1 saturated heterocycles. The third-order valence-corrected chi connectivity index (χ3v) is 9.39. The standard InChI is InChI=1S/C32H44FN3O4S/c1-3-4-5-6-7-8-9-10-11-12-13-14-15-16-28(37)35-19-17-34(18-20-35)27-22-26-24(21-25(27)33)30(38)29(32(39)40)31-36(26)23(2)41-31/h6-7,21-23H,3-5,8-20H2,1-2H3,(H,39,40)/b7-6-. The van der Waals surface area contributed by atoms with Crippen LogP contribution < -0.4 is 10.3 Å². The maximum absolute atomic E-state index is 15.2. The second kappa shape index (κ2) is 14.9. The molecule has 2 aliphatic heterocycles. The molecule has 1 aromatic carbocycles. The number of allylic oxidation sites excluding steroid dienone is 2. The molecular weight excluding hydrogens is 541 g/mol. The van der Waals surface area contributed by atoms with E-state index in [9.17, 15) is 19.5 Å². The van der Waals surface area contributed by atoms with Crippen molar-refractivity contribution in [1.82, 2.24) is 9.47 Å². The fourth-order valence-corrected chi connectivity index (χ4v) is 6.96. The van der Waals surface area contributed by atoms with Gasteiger partial charge in [0.05, 0.1) is 21.6 Å². The molecule has 41 heavy (non-hydrogen) atoms. The van der Waals surface area contributed by atoms with E-state index in [1.807, 2.05) is 16.7 Å². The molecule has 1 fully saturated rings. The number of aromatic nitrogens is 1. The molecule has 224 valence electrons. The number of rotatable bonds is 15. The molecule has 0 spiro atoms. The number of piperazine rings is 1. The lowest BCUT2D eigenvalue weighted by atomic mass is 10.1. The molecule has 0 bridgehead atoms. The number of carbonyl (C=O) groups is 2. The van der Waals surface area contributed by atoms with Crippen molar-refractivity contribution in [1.29, 1.82) is 0 Å². The molecule has 7 nitrogen and oxygen atoms in total. The zero-order chi connectivity index (χ0) is 29.4. The van der Waals surface area contributed by atoms with Crippen molar-refractivity contribution >= 4 is 40.2 Å². The summed E-state index contributed by atoms with van der Waals surface area (Å²) in [5, 5.41) is 10.0. The molecule has 2 aromatic rings. The lowest BCUT2D eigenvalue weighted by molar-refractivity contribution is -0.131. The minimum absolute atomic E-state index is 0.0403. The third-order valence-electron chi connectivity index (χ3n) is 8.21. The van der Waals surface area contributed by atoms with Gasteiger partial charge in [-0.1, -0.05) is 75.8 Å². The summed E-state index contributed by atoms with van der Waals surface area (Å²) in [5.41, 5.74) is -0.000525. The van der Waals surface area contributed by atoms with E-state index in [4.69, 9.17) is 0 Å². The molecule has 0 radical (unpaired) electrons. The number of fused-ring (bicyclic) bond motifs is 3. The van der Waals surface area contributed by atoms with Crippen molar-refractivity contribution in [2.24, 2.45) is 0 Å². The third kappa shape index (κ3) is 7.53. The molecule has 2 aliphatic rings. The van der Waals surface area contributed by atoms with Crippen LogP contribution in [0.3, 0.4) is 0 Å². The van der Waals surface area contributed by atoms with E-state index in [0.717, 1.165) is 12.8 Å². The van der Waals surface area contributed by atoms with E-state index in [0.29, 0.717) is 48.8 Å². The van der Waals surface area contributed by atoms with Gasteiger partial charge in [-0.25, -0.2) is 9.18 Å². The van der Waals surface area contributed by atoms with Crippen molar-refractivity contribution < 1.29 is 19.1 Å². The number of hydrogen-bond donors (Lipinski definition) is 1. The van der Waals surface area contributed by atoms with Crippen LogP contribution in [0.1, 0.15) is 107 Å². The monoisotopic (exact) mass is 585 g/mol. The summed E-state index contributed by atoms with van der Waals surface area (Å²) in [6, 6.07) is 2.84. The first-order valence-corrected chi connectivity index (χ1v) is 16.2. The number of pyridine rings is 1. The van der Waals surface area contributed by atoms with Crippen molar-refractivity contribution in [3.63, 3.8) is 0 Å². The van der Waals surface area contributed by atoms with E-state index in [-0.39, 0.29) is 22.2 Å². The van der Waals surface area contributed by atoms with Crippen molar-refractivity contribution in [3.8, 4) is 0 Å². The predicted octanol–water partition coefficient (Wildman–Crippen LogP) is 7.37. The van der Waals surface area contributed by atoms with Crippen LogP contribution in [0.2, 0.25) is 0 Å². The number of aromatic carboxylic acids is 1. The van der Waals surface area contributed by atoms with Crippen LogP contribution in [0.25, 0.3) is 10.9 Å². The summed E-state index contributed by atoms with van der Waals surface area (Å²) in [5.74, 6) is -1.67. The van der Waals surface area contributed by atoms with E-state index in [1.54, 1.807) is 10.6 Å². The SMILES string of the molecule is CCCC/C=C\CCCCCCCCCC(=O)N1CCN(c2cc3c(cc2F)c(=O)c(C(=O)O)c2n3C(C)S2)CC1. The van der Waals surface area contributed by atoms with Gasteiger partial charge >= 0.3 is 5.97 Å². The first-order chi connectivity index (χ1) is 19.8. The number of hydrogen-bond acceptors (Lipinski definition) is 5. The number of carboxylic acids is 1. The van der Waals surface area contributed by atoms with Gasteiger partial charge in [-0.3, -0.25) is 9.59 Å². The van der Waals surface area contributed by atoms with E-state index in [1.165, 1.54) is 75.6 Å². The number of anilines is 1. The van der Waals surface area contributed by atoms with Gasteiger partial charge in [-0.15, -0.1) is 0 Å². The molecule has 1 amide bonds. The molecule has 1 aromatic heterocycles. The zero-order valence-electron chi connectivity index (χ0n) is 24.5. The predicted molar refractivity (Wildman–Crippen MR) is 165 cm³/mol. The summed E-state index contributed by atoms with van der Waals surface area (Å²) >= 11 is 1.33. The van der Waals surface area contributed by atoms with Gasteiger partial charge < -0.3 is 19.5 Å². The van der Waals surface area contributed by atoms with Gasteiger partial charge in [-0.05, 0) is 44.7 Å². The Labute approximate surface area is 246 Å². The fourth-order valence-electron chi connectivity index (χ4n) is 5.80. The normalized spacial score (nSPS) is 16.8. The van der Waals surface area contributed by atoms with E-state index >= 15 is 4.39 Å². The number of amides is 1. The number of carboxylic acid groups (broad SMARTS) is 1. The maximum atomic E-state index is 15.2. The summed E-state index contributed by atoms with van der Waals surface area (Å²) < 4.78 is 17.0. The Bertz CT molecular complexity index is 1320. The molecule has 1 N–H and O–H groups in total. The Hall–Kier alpha value is -2.81. The Balaban J connectivity index is 1.20. The van der Waals surface area contributed by atoms with E-state index in [2.05, 4.69) is 19.1 Å². The van der Waals surface area contributed by atoms with Gasteiger partial charge in [0.15, 0.2) is 0 Å². The van der Waals surface area contributed by atoms with Crippen molar-refractivity contribution in [3.05, 3.63) is 45.9 Å². The van der Waals surface area contributed by atoms with Crippen molar-refractivity contribution in [2.45, 2.75) is 101 Å². The number of carbonyl (C=O) groups excluding carboxylic acids is 1. The zero-order valence-corrected chi connectivity index (χ0v) is 25.3. The highest BCUT2D eigenvalue weighted by Gasteiger charge is 2.33. The fraction of sp³-hybridized carbons (Fsp3) is 0.594. The summed E-state index contributed by atoms with van der Waals surface area (Å²) in [6.07, 6.45) is 18.3. The second-order valence-electron chi connectivity index (χ2n) is 11.2. The van der Waals surface area contributed by atoms with Gasteiger partial charge in [0, 0.05) is 38.0 Å². The number of nitrogens with zero attached hydrogens (tertiary/aromatic N) is 3. The smallest absolute Gasteiger partial charge is 0.342 e. The highest BCUT2D eigenvalue weighted by Crippen LogP contribution is 2.46. The highest BCUT2D eigenvalue weighted by atomic mass is 32.2. The minimum Gasteiger partial charge on any atom is -0.477 e. The maximum Gasteiger partial charge on any atom is 0.342 e. The largest absolute Gasteiger partial charge is 0.477 e. The van der Waals surface area contributed by atoms with Crippen LogP contribution in [0.5, 0.6) is 0 Å². The van der Waals surface area contributed by atoms with Gasteiger partial charge in [0.1, 0.15) is 11.4 Å². The van der Waals surface area contributed by atoms with Crippen molar-refractivity contribution in [2.75, 3.05) is 31.1 Å². The quantitative estimate of drug-likeness (QED) is 0.174. The Morgan fingerprint density at radius 1 is 0.976 bits per heavy atom. The molecular formula is C32H44FN3O4S. The average molecular weight is 586 g/mol. The van der Waals surface area contributed by atoms with Gasteiger partial charge in [-0.2, -0.15) is 0 Å². The first kappa shape index (κ1) is 31.1. The van der Waals surface area contributed by atoms with Crippen LogP contribution in [0, 0.1) is 5.82 Å². The van der Waals surface area contributed by atoms with Crippen LogP contribution in [-0.4, -0.2) is 52.6 Å². The number of benzene rings is 1. The first-order valence-electron chi connectivity index (χ1n) is 15.3. The van der Waals surface area contributed by atoms with Crippen LogP contribution >= 0.6 is 11.8 Å². The molecule has 3 heterocycles. The molecule has 1 atom stereocenters. The Morgan fingerprint density at radius 3 is 2.24 bits per heavy atom. The average Bonchev–Trinajstić information content (AvgIpc) is 2.95. The van der Waals surface area contributed by atoms with Crippen LogP contribution in [0.4, 0.5) is 10.1 Å². The number of unbranched alkanes of at least 4 members (excludes halogenated alkanes) is 9. The Kier molecular flexibility index (Phi) is 11.3. The topological polar surface area (TPSA) is 82.8 Å². The summed E-state index contributed by atoms with van der Waals surface area (Å²) in [7, 11) is 0. The second-order valence-corrected chi connectivity index (χ2v) is 12.5. The highest BCUT2D eigenvalue weighted by molar-refractivity contribution is 8.00. The van der Waals surface area contributed by atoms with Gasteiger partial charge in [0.25, 0.3) is 0 Å². The Morgan fingerprint density at radius 2 is 1.61 bits per heavy atom. The molecule has 0 aliphatic carbocycles. The summed E-state index contributed by atoms with van der Waals surface area (Å²) in [6.45, 7) is 6.24.